The molecule has 0 fully saturated rings. The molecule has 5 heteroatoms. The first-order valence-electron chi connectivity index (χ1n) is 5.53. The topological polar surface area (TPSA) is 32.3 Å². The summed E-state index contributed by atoms with van der Waals surface area (Å²) in [6, 6.07) is 9.41. The Morgan fingerprint density at radius 2 is 2.06 bits per heavy atom. The second-order valence-corrected chi connectivity index (χ2v) is 6.15. The largest absolute Gasteiger partial charge is 0.506 e. The normalized spacial score (nSPS) is 12.6. The highest BCUT2D eigenvalue weighted by Crippen LogP contribution is 2.29. The summed E-state index contributed by atoms with van der Waals surface area (Å²) in [7, 11) is 0. The van der Waals surface area contributed by atoms with Crippen molar-refractivity contribution in [3.05, 3.63) is 50.1 Å². The molecule has 0 aliphatic heterocycles. The molecule has 2 rings (SSSR count). The molecule has 96 valence electrons. The summed E-state index contributed by atoms with van der Waals surface area (Å²) < 4.78 is 0.782. The molecular formula is C13H13Cl2NOS. The summed E-state index contributed by atoms with van der Waals surface area (Å²) in [5, 5.41) is 13.5. The quantitative estimate of drug-likeness (QED) is 0.864. The van der Waals surface area contributed by atoms with Crippen molar-refractivity contribution in [2.24, 2.45) is 0 Å². The van der Waals surface area contributed by atoms with Gasteiger partial charge in [0.2, 0.25) is 0 Å². The SMILES string of the molecule is CC(NCc1cccc(Cl)c1O)c1ccc(Cl)s1. The van der Waals surface area contributed by atoms with E-state index in [1.165, 1.54) is 4.88 Å². The van der Waals surface area contributed by atoms with Gasteiger partial charge < -0.3 is 10.4 Å². The van der Waals surface area contributed by atoms with Crippen molar-refractivity contribution in [2.75, 3.05) is 0 Å². The Morgan fingerprint density at radius 3 is 2.72 bits per heavy atom. The molecule has 0 aliphatic carbocycles. The smallest absolute Gasteiger partial charge is 0.138 e. The van der Waals surface area contributed by atoms with Crippen LogP contribution in [0.3, 0.4) is 0 Å². The molecule has 2 aromatic rings. The number of hydrogen-bond donors (Lipinski definition) is 2. The predicted octanol–water partition coefficient (Wildman–Crippen LogP) is 4.61. The summed E-state index contributed by atoms with van der Waals surface area (Å²) in [5.74, 6) is 0.142. The Balaban J connectivity index is 2.01. The fourth-order valence-electron chi connectivity index (χ4n) is 1.63. The van der Waals surface area contributed by atoms with Gasteiger partial charge in [0.25, 0.3) is 0 Å². The first kappa shape index (κ1) is 13.7. The third kappa shape index (κ3) is 3.18. The number of hydrogen-bond acceptors (Lipinski definition) is 3. The fourth-order valence-corrected chi connectivity index (χ4v) is 2.91. The minimum Gasteiger partial charge on any atom is -0.506 e. The average molecular weight is 302 g/mol. The minimum absolute atomic E-state index is 0.142. The summed E-state index contributed by atoms with van der Waals surface area (Å²) >= 11 is 13.3. The zero-order valence-electron chi connectivity index (χ0n) is 9.78. The number of nitrogens with one attached hydrogen (secondary N) is 1. The van der Waals surface area contributed by atoms with Crippen LogP contribution in [0.2, 0.25) is 9.36 Å². The molecule has 1 aromatic heterocycles. The average Bonchev–Trinajstić information content (AvgIpc) is 2.77. The van der Waals surface area contributed by atoms with Gasteiger partial charge in [0.1, 0.15) is 5.75 Å². The monoisotopic (exact) mass is 301 g/mol. The maximum Gasteiger partial charge on any atom is 0.138 e. The summed E-state index contributed by atoms with van der Waals surface area (Å²) in [5.41, 5.74) is 0.789. The predicted molar refractivity (Wildman–Crippen MR) is 77.7 cm³/mol. The molecule has 0 bridgehead atoms. The van der Waals surface area contributed by atoms with E-state index in [-0.39, 0.29) is 11.8 Å². The van der Waals surface area contributed by atoms with Crippen LogP contribution in [0.15, 0.2) is 30.3 Å². The zero-order valence-corrected chi connectivity index (χ0v) is 12.1. The summed E-state index contributed by atoms with van der Waals surface area (Å²) in [6.45, 7) is 2.62. The Labute approximate surface area is 120 Å². The van der Waals surface area contributed by atoms with Crippen molar-refractivity contribution in [1.82, 2.24) is 5.32 Å². The molecule has 0 amide bonds. The van der Waals surface area contributed by atoms with Crippen LogP contribution in [0.1, 0.15) is 23.4 Å². The second-order valence-electron chi connectivity index (χ2n) is 3.99. The number of thiophene rings is 1. The maximum absolute atomic E-state index is 9.79. The van der Waals surface area contributed by atoms with E-state index in [2.05, 4.69) is 12.2 Å². The number of benzene rings is 1. The summed E-state index contributed by atoms with van der Waals surface area (Å²) in [4.78, 5) is 1.17. The van der Waals surface area contributed by atoms with E-state index in [4.69, 9.17) is 23.2 Å². The summed E-state index contributed by atoms with van der Waals surface area (Å²) in [6.07, 6.45) is 0. The molecule has 0 saturated carbocycles. The molecular weight excluding hydrogens is 289 g/mol. The van der Waals surface area contributed by atoms with E-state index in [0.717, 1.165) is 9.90 Å². The van der Waals surface area contributed by atoms with E-state index in [9.17, 15) is 5.11 Å². The van der Waals surface area contributed by atoms with E-state index in [1.807, 2.05) is 24.3 Å². The van der Waals surface area contributed by atoms with Crippen molar-refractivity contribution < 1.29 is 5.11 Å². The molecule has 1 heterocycles. The van der Waals surface area contributed by atoms with Crippen molar-refractivity contribution in [2.45, 2.75) is 19.5 Å². The molecule has 0 aliphatic rings. The highest BCUT2D eigenvalue weighted by atomic mass is 35.5. The number of halogens is 2. The lowest BCUT2D eigenvalue weighted by molar-refractivity contribution is 0.461. The van der Waals surface area contributed by atoms with Gasteiger partial charge in [-0.15, -0.1) is 11.3 Å². The van der Waals surface area contributed by atoms with Gasteiger partial charge in [-0.3, -0.25) is 0 Å². The Morgan fingerprint density at radius 1 is 1.28 bits per heavy atom. The number of rotatable bonds is 4. The molecule has 2 N–H and O–H groups in total. The number of phenolic OH excluding ortho intramolecular Hbond substituents is 1. The third-order valence-corrected chi connectivity index (χ3v) is 4.41. The maximum atomic E-state index is 9.79. The molecule has 18 heavy (non-hydrogen) atoms. The van der Waals surface area contributed by atoms with Gasteiger partial charge in [-0.25, -0.2) is 0 Å². The molecule has 1 aromatic carbocycles. The Kier molecular flexibility index (Phi) is 4.51. The van der Waals surface area contributed by atoms with E-state index < -0.39 is 0 Å². The molecule has 0 spiro atoms. The standard InChI is InChI=1S/C13H13Cl2NOS/c1-8(11-5-6-12(15)18-11)16-7-9-3-2-4-10(14)13(9)17/h2-6,8,16-17H,7H2,1H3. The van der Waals surface area contributed by atoms with Gasteiger partial charge in [-0.05, 0) is 25.1 Å². The van der Waals surface area contributed by atoms with Crippen molar-refractivity contribution in [1.29, 1.82) is 0 Å². The van der Waals surface area contributed by atoms with Gasteiger partial charge in [-0.1, -0.05) is 35.3 Å². The van der Waals surface area contributed by atoms with Crippen LogP contribution in [0.5, 0.6) is 5.75 Å². The number of phenols is 1. The van der Waals surface area contributed by atoms with Crippen LogP contribution in [0.4, 0.5) is 0 Å². The third-order valence-electron chi connectivity index (χ3n) is 2.69. The van der Waals surface area contributed by atoms with E-state index >= 15 is 0 Å². The molecule has 0 saturated heterocycles. The van der Waals surface area contributed by atoms with Gasteiger partial charge in [-0.2, -0.15) is 0 Å². The van der Waals surface area contributed by atoms with Crippen LogP contribution in [-0.2, 0) is 6.54 Å². The van der Waals surface area contributed by atoms with Gasteiger partial charge in [0.15, 0.2) is 0 Å². The zero-order chi connectivity index (χ0) is 13.1. The van der Waals surface area contributed by atoms with Crippen LogP contribution in [0.25, 0.3) is 0 Å². The molecule has 2 nitrogen and oxygen atoms in total. The van der Waals surface area contributed by atoms with Crippen LogP contribution in [-0.4, -0.2) is 5.11 Å². The van der Waals surface area contributed by atoms with Gasteiger partial charge in [0, 0.05) is 23.0 Å². The lowest BCUT2D eigenvalue weighted by Crippen LogP contribution is -2.17. The highest BCUT2D eigenvalue weighted by molar-refractivity contribution is 7.16. The Bertz CT molecular complexity index is 542. The lowest BCUT2D eigenvalue weighted by Gasteiger charge is -2.13. The minimum atomic E-state index is 0.142. The van der Waals surface area contributed by atoms with Crippen LogP contribution in [0, 0.1) is 0 Å². The van der Waals surface area contributed by atoms with Gasteiger partial charge in [0.05, 0.1) is 9.36 Å². The lowest BCUT2D eigenvalue weighted by atomic mass is 10.2. The first-order chi connectivity index (χ1) is 8.58. The van der Waals surface area contributed by atoms with Crippen molar-refractivity contribution >= 4 is 34.5 Å². The molecule has 1 atom stereocenters. The Hall–Kier alpha value is -0.740. The van der Waals surface area contributed by atoms with Crippen LogP contribution >= 0.6 is 34.5 Å². The number of para-hydroxylation sites is 1. The van der Waals surface area contributed by atoms with Crippen molar-refractivity contribution in [3.8, 4) is 5.75 Å². The van der Waals surface area contributed by atoms with Crippen molar-refractivity contribution in [3.63, 3.8) is 0 Å². The first-order valence-corrected chi connectivity index (χ1v) is 7.10. The highest BCUT2D eigenvalue weighted by Gasteiger charge is 2.10. The molecule has 0 radical (unpaired) electrons. The second kappa shape index (κ2) is 5.93. The fraction of sp³-hybridized carbons (Fsp3) is 0.231. The van der Waals surface area contributed by atoms with Crippen LogP contribution < -0.4 is 5.32 Å². The van der Waals surface area contributed by atoms with E-state index in [1.54, 1.807) is 17.4 Å². The number of aromatic hydroxyl groups is 1. The van der Waals surface area contributed by atoms with Gasteiger partial charge >= 0.3 is 0 Å². The van der Waals surface area contributed by atoms with E-state index in [0.29, 0.717) is 11.6 Å². The molecule has 1 unspecified atom stereocenters.